The van der Waals surface area contributed by atoms with Gasteiger partial charge in [-0.15, -0.1) is 0 Å². The minimum Gasteiger partial charge on any atom is -0.381 e. The number of guanidine groups is 1. The minimum absolute atomic E-state index is 0.138. The standard InChI is InChI=1S/C19H38N4O/c1-5-16-8-7-9-17(14-16)22-18(20-6-2)21-15-19(23(3)4)10-12-24-13-11-19/h16-17H,5-15H2,1-4H3,(H2,20,21,22). The lowest BCUT2D eigenvalue weighted by molar-refractivity contribution is -0.00256. The molecule has 2 unspecified atom stereocenters. The van der Waals surface area contributed by atoms with Gasteiger partial charge in [-0.1, -0.05) is 26.2 Å². The molecule has 140 valence electrons. The third kappa shape index (κ3) is 5.35. The molecule has 1 saturated heterocycles. The molecule has 1 heterocycles. The highest BCUT2D eigenvalue weighted by molar-refractivity contribution is 5.80. The largest absolute Gasteiger partial charge is 0.381 e. The van der Waals surface area contributed by atoms with E-state index in [1.54, 1.807) is 0 Å². The molecule has 1 aliphatic heterocycles. The predicted octanol–water partition coefficient (Wildman–Crippen LogP) is 2.62. The van der Waals surface area contributed by atoms with Crippen molar-refractivity contribution in [3.8, 4) is 0 Å². The van der Waals surface area contributed by atoms with E-state index in [-0.39, 0.29) is 5.54 Å². The fraction of sp³-hybridized carbons (Fsp3) is 0.947. The lowest BCUT2D eigenvalue weighted by Crippen LogP contribution is -2.52. The van der Waals surface area contributed by atoms with Gasteiger partial charge in [-0.05, 0) is 52.6 Å². The Kier molecular flexibility index (Phi) is 7.82. The summed E-state index contributed by atoms with van der Waals surface area (Å²) in [5.74, 6) is 1.87. The van der Waals surface area contributed by atoms with Crippen molar-refractivity contribution in [2.45, 2.75) is 70.4 Å². The topological polar surface area (TPSA) is 48.9 Å². The van der Waals surface area contributed by atoms with Crippen molar-refractivity contribution in [3.05, 3.63) is 0 Å². The van der Waals surface area contributed by atoms with Crippen LogP contribution in [0.25, 0.3) is 0 Å². The molecule has 2 aliphatic rings. The Bertz CT molecular complexity index is 391. The molecule has 0 bridgehead atoms. The summed E-state index contributed by atoms with van der Waals surface area (Å²) in [6.07, 6.45) is 8.71. The van der Waals surface area contributed by atoms with Gasteiger partial charge in [-0.3, -0.25) is 4.99 Å². The maximum absolute atomic E-state index is 5.57. The molecule has 0 amide bonds. The third-order valence-electron chi connectivity index (χ3n) is 5.95. The van der Waals surface area contributed by atoms with Gasteiger partial charge in [0.2, 0.25) is 0 Å². The normalized spacial score (nSPS) is 28.0. The maximum Gasteiger partial charge on any atom is 0.191 e. The fourth-order valence-corrected chi connectivity index (χ4v) is 4.03. The summed E-state index contributed by atoms with van der Waals surface area (Å²) in [5, 5.41) is 7.15. The first-order valence-corrected chi connectivity index (χ1v) is 9.89. The third-order valence-corrected chi connectivity index (χ3v) is 5.95. The second-order valence-electron chi connectivity index (χ2n) is 7.71. The number of likely N-dealkylation sites (N-methyl/N-ethyl adjacent to an activating group) is 1. The summed E-state index contributed by atoms with van der Waals surface area (Å²) in [6.45, 7) is 7.90. The Balaban J connectivity index is 1.98. The van der Waals surface area contributed by atoms with Gasteiger partial charge < -0.3 is 20.3 Å². The molecule has 2 atom stereocenters. The van der Waals surface area contributed by atoms with E-state index in [0.717, 1.165) is 51.0 Å². The zero-order valence-electron chi connectivity index (χ0n) is 16.2. The van der Waals surface area contributed by atoms with Crippen LogP contribution in [0.15, 0.2) is 4.99 Å². The molecule has 5 nitrogen and oxygen atoms in total. The van der Waals surface area contributed by atoms with E-state index in [1.165, 1.54) is 32.1 Å². The smallest absolute Gasteiger partial charge is 0.191 e. The molecule has 1 aliphatic carbocycles. The van der Waals surface area contributed by atoms with E-state index in [4.69, 9.17) is 9.73 Å². The molecule has 2 fully saturated rings. The van der Waals surface area contributed by atoms with Crippen LogP contribution in [-0.4, -0.2) is 62.8 Å². The van der Waals surface area contributed by atoms with Gasteiger partial charge in [0.25, 0.3) is 0 Å². The number of aliphatic imine (C=N–C) groups is 1. The van der Waals surface area contributed by atoms with Gasteiger partial charge in [0.1, 0.15) is 0 Å². The van der Waals surface area contributed by atoms with Gasteiger partial charge in [0.15, 0.2) is 5.96 Å². The van der Waals surface area contributed by atoms with Crippen LogP contribution < -0.4 is 10.6 Å². The van der Waals surface area contributed by atoms with E-state index < -0.39 is 0 Å². The van der Waals surface area contributed by atoms with E-state index in [2.05, 4.69) is 43.5 Å². The Morgan fingerprint density at radius 3 is 2.58 bits per heavy atom. The van der Waals surface area contributed by atoms with Crippen molar-refractivity contribution >= 4 is 5.96 Å². The molecular weight excluding hydrogens is 300 g/mol. The monoisotopic (exact) mass is 338 g/mol. The first kappa shape index (κ1) is 19.5. The summed E-state index contributed by atoms with van der Waals surface area (Å²) in [4.78, 5) is 7.32. The molecule has 2 N–H and O–H groups in total. The zero-order valence-corrected chi connectivity index (χ0v) is 16.2. The number of ether oxygens (including phenoxy) is 1. The molecule has 5 heteroatoms. The number of nitrogens with zero attached hydrogens (tertiary/aromatic N) is 2. The first-order valence-electron chi connectivity index (χ1n) is 9.89. The summed E-state index contributed by atoms with van der Waals surface area (Å²) in [6, 6.07) is 0.575. The second-order valence-corrected chi connectivity index (χ2v) is 7.71. The van der Waals surface area contributed by atoms with Gasteiger partial charge in [0, 0.05) is 31.3 Å². The maximum atomic E-state index is 5.57. The van der Waals surface area contributed by atoms with E-state index in [9.17, 15) is 0 Å². The number of hydrogen-bond donors (Lipinski definition) is 2. The van der Waals surface area contributed by atoms with Gasteiger partial charge in [-0.2, -0.15) is 0 Å². The number of rotatable bonds is 6. The van der Waals surface area contributed by atoms with Gasteiger partial charge in [0.05, 0.1) is 6.54 Å². The molecular formula is C19H38N4O. The van der Waals surface area contributed by atoms with Crippen molar-refractivity contribution < 1.29 is 4.74 Å². The van der Waals surface area contributed by atoms with E-state index >= 15 is 0 Å². The van der Waals surface area contributed by atoms with Crippen molar-refractivity contribution in [2.24, 2.45) is 10.9 Å². The summed E-state index contributed by atoms with van der Waals surface area (Å²) >= 11 is 0. The number of nitrogens with one attached hydrogen (secondary N) is 2. The van der Waals surface area contributed by atoms with E-state index in [1.807, 2.05) is 0 Å². The summed E-state index contributed by atoms with van der Waals surface area (Å²) in [7, 11) is 4.35. The second kappa shape index (κ2) is 9.62. The van der Waals surface area contributed by atoms with Crippen LogP contribution in [0.3, 0.4) is 0 Å². The lowest BCUT2D eigenvalue weighted by Gasteiger charge is -2.42. The van der Waals surface area contributed by atoms with Gasteiger partial charge in [-0.25, -0.2) is 0 Å². The molecule has 1 saturated carbocycles. The molecule has 0 aromatic heterocycles. The highest BCUT2D eigenvalue weighted by Gasteiger charge is 2.34. The Labute approximate surface area is 148 Å². The quantitative estimate of drug-likeness (QED) is 0.577. The average molecular weight is 339 g/mol. The van der Waals surface area contributed by atoms with Crippen molar-refractivity contribution in [2.75, 3.05) is 40.4 Å². The summed E-state index contributed by atoms with van der Waals surface area (Å²) < 4.78 is 5.57. The van der Waals surface area contributed by atoms with Crippen molar-refractivity contribution in [1.29, 1.82) is 0 Å². The lowest BCUT2D eigenvalue weighted by atomic mass is 9.84. The Morgan fingerprint density at radius 2 is 1.96 bits per heavy atom. The molecule has 0 radical (unpaired) electrons. The average Bonchev–Trinajstić information content (AvgIpc) is 2.61. The molecule has 0 aromatic rings. The molecule has 24 heavy (non-hydrogen) atoms. The van der Waals surface area contributed by atoms with Crippen LogP contribution in [0.2, 0.25) is 0 Å². The van der Waals surface area contributed by atoms with Crippen molar-refractivity contribution in [3.63, 3.8) is 0 Å². The van der Waals surface area contributed by atoms with Crippen LogP contribution in [0.5, 0.6) is 0 Å². The van der Waals surface area contributed by atoms with Gasteiger partial charge >= 0.3 is 0 Å². The molecule has 0 aromatic carbocycles. The van der Waals surface area contributed by atoms with Crippen LogP contribution in [0, 0.1) is 5.92 Å². The van der Waals surface area contributed by atoms with Crippen LogP contribution in [0.1, 0.15) is 58.8 Å². The van der Waals surface area contributed by atoms with Crippen LogP contribution in [0.4, 0.5) is 0 Å². The SMILES string of the molecule is CCNC(=NCC1(N(C)C)CCOCC1)NC1CCCC(CC)C1. The Hall–Kier alpha value is -0.810. The Morgan fingerprint density at radius 1 is 1.21 bits per heavy atom. The minimum atomic E-state index is 0.138. The molecule has 0 spiro atoms. The highest BCUT2D eigenvalue weighted by atomic mass is 16.5. The predicted molar refractivity (Wildman–Crippen MR) is 102 cm³/mol. The highest BCUT2D eigenvalue weighted by Crippen LogP contribution is 2.27. The fourth-order valence-electron chi connectivity index (χ4n) is 4.03. The first-order chi connectivity index (χ1) is 11.6. The van der Waals surface area contributed by atoms with E-state index in [0.29, 0.717) is 6.04 Å². The van der Waals surface area contributed by atoms with Crippen LogP contribution in [-0.2, 0) is 4.74 Å². The number of hydrogen-bond acceptors (Lipinski definition) is 3. The molecule has 2 rings (SSSR count). The van der Waals surface area contributed by atoms with Crippen LogP contribution >= 0.6 is 0 Å². The zero-order chi connectivity index (χ0) is 17.4. The summed E-state index contributed by atoms with van der Waals surface area (Å²) in [5.41, 5.74) is 0.138. The van der Waals surface area contributed by atoms with Crippen molar-refractivity contribution in [1.82, 2.24) is 15.5 Å².